The fourth-order valence-corrected chi connectivity index (χ4v) is 5.53. The molecule has 3 aromatic rings. The predicted octanol–water partition coefficient (Wildman–Crippen LogP) is 3.64. The Hall–Kier alpha value is -2.42. The summed E-state index contributed by atoms with van der Waals surface area (Å²) in [5.74, 6) is 0.356. The zero-order valence-electron chi connectivity index (χ0n) is 17.6. The second-order valence-corrected chi connectivity index (χ2v) is 9.38. The number of rotatable bonds is 7. The summed E-state index contributed by atoms with van der Waals surface area (Å²) < 4.78 is 2.24. The number of carbonyl (C=O) groups excluding carboxylic acids is 1. The fraction of sp³-hybridized carbons (Fsp3) is 0.348. The van der Waals surface area contributed by atoms with Gasteiger partial charge < -0.3 is 4.90 Å². The Morgan fingerprint density at radius 2 is 1.97 bits per heavy atom. The third-order valence-electron chi connectivity index (χ3n) is 5.66. The lowest BCUT2D eigenvalue weighted by molar-refractivity contribution is -0.130. The largest absolute Gasteiger partial charge is 0.339 e. The van der Waals surface area contributed by atoms with E-state index < -0.39 is 0 Å². The second kappa shape index (κ2) is 9.80. The van der Waals surface area contributed by atoms with E-state index in [9.17, 15) is 9.59 Å². The van der Waals surface area contributed by atoms with Gasteiger partial charge in [-0.2, -0.15) is 0 Å². The average Bonchev–Trinajstić information content (AvgIpc) is 3.29. The van der Waals surface area contributed by atoms with E-state index in [1.165, 1.54) is 28.7 Å². The molecule has 8 heteroatoms. The van der Waals surface area contributed by atoms with Gasteiger partial charge in [-0.3, -0.25) is 19.1 Å². The third kappa shape index (κ3) is 4.76. The number of aromatic nitrogens is 2. The van der Waals surface area contributed by atoms with E-state index in [1.807, 2.05) is 22.4 Å². The molecule has 31 heavy (non-hydrogen) atoms. The van der Waals surface area contributed by atoms with Crippen molar-refractivity contribution in [3.8, 4) is 0 Å². The number of allylic oxidation sites excluding steroid dienone is 1. The molecular formula is C23H26N4O2S2. The summed E-state index contributed by atoms with van der Waals surface area (Å²) in [4.78, 5) is 34.5. The van der Waals surface area contributed by atoms with Crippen molar-refractivity contribution in [2.45, 2.75) is 24.7 Å². The molecule has 0 bridgehead atoms. The van der Waals surface area contributed by atoms with Crippen molar-refractivity contribution in [3.05, 3.63) is 70.4 Å². The molecule has 1 atom stereocenters. The molecule has 2 aromatic heterocycles. The third-order valence-corrected chi connectivity index (χ3v) is 7.52. The van der Waals surface area contributed by atoms with Crippen LogP contribution in [0.3, 0.4) is 0 Å². The molecule has 1 saturated heterocycles. The van der Waals surface area contributed by atoms with Crippen molar-refractivity contribution in [3.63, 3.8) is 0 Å². The minimum Gasteiger partial charge on any atom is -0.339 e. The first-order valence-electron chi connectivity index (χ1n) is 10.4. The number of amides is 1. The van der Waals surface area contributed by atoms with Crippen LogP contribution in [0.25, 0.3) is 10.2 Å². The summed E-state index contributed by atoms with van der Waals surface area (Å²) in [6.07, 6.45) is 1.68. The maximum Gasteiger partial charge on any atom is 0.272 e. The zero-order valence-corrected chi connectivity index (χ0v) is 19.2. The maximum absolute atomic E-state index is 12.8. The molecule has 162 valence electrons. The number of thiophene rings is 1. The van der Waals surface area contributed by atoms with E-state index in [1.54, 1.807) is 10.6 Å². The topological polar surface area (TPSA) is 58.4 Å². The Balaban J connectivity index is 1.37. The van der Waals surface area contributed by atoms with Gasteiger partial charge in [0, 0.05) is 38.8 Å². The molecule has 3 heterocycles. The Morgan fingerprint density at radius 3 is 2.68 bits per heavy atom. The Labute approximate surface area is 190 Å². The van der Waals surface area contributed by atoms with E-state index in [4.69, 9.17) is 0 Å². The highest BCUT2D eigenvalue weighted by molar-refractivity contribution is 7.99. The molecule has 4 rings (SSSR count). The van der Waals surface area contributed by atoms with Crippen LogP contribution in [-0.4, -0.2) is 57.2 Å². The first kappa shape index (κ1) is 21.8. The van der Waals surface area contributed by atoms with Crippen LogP contribution in [0.2, 0.25) is 0 Å². The van der Waals surface area contributed by atoms with Gasteiger partial charge in [0.2, 0.25) is 5.91 Å². The second-order valence-electron chi connectivity index (χ2n) is 7.53. The van der Waals surface area contributed by atoms with E-state index in [0.717, 1.165) is 13.1 Å². The van der Waals surface area contributed by atoms with Crippen LogP contribution in [0.5, 0.6) is 0 Å². The van der Waals surface area contributed by atoms with Crippen molar-refractivity contribution in [1.82, 2.24) is 19.4 Å². The minimum absolute atomic E-state index is 0.0710. The molecule has 1 unspecified atom stereocenters. The highest BCUT2D eigenvalue weighted by Gasteiger charge is 2.25. The molecule has 0 radical (unpaired) electrons. The molecule has 6 nitrogen and oxygen atoms in total. The Kier molecular flexibility index (Phi) is 6.89. The number of hydrogen-bond donors (Lipinski definition) is 0. The summed E-state index contributed by atoms with van der Waals surface area (Å²) in [6, 6.07) is 12.6. The first-order valence-corrected chi connectivity index (χ1v) is 12.2. The lowest BCUT2D eigenvalue weighted by atomic mass is 10.1. The van der Waals surface area contributed by atoms with Crippen LogP contribution in [-0.2, 0) is 11.3 Å². The van der Waals surface area contributed by atoms with Gasteiger partial charge >= 0.3 is 0 Å². The van der Waals surface area contributed by atoms with E-state index in [-0.39, 0.29) is 17.2 Å². The van der Waals surface area contributed by atoms with Crippen molar-refractivity contribution in [2.24, 2.45) is 0 Å². The van der Waals surface area contributed by atoms with Gasteiger partial charge in [0.15, 0.2) is 5.16 Å². The minimum atomic E-state index is -0.0710. The first-order chi connectivity index (χ1) is 15.1. The summed E-state index contributed by atoms with van der Waals surface area (Å²) in [7, 11) is 0. The molecule has 0 saturated carbocycles. The number of nitrogens with zero attached hydrogens (tertiary/aromatic N) is 4. The summed E-state index contributed by atoms with van der Waals surface area (Å²) >= 11 is 2.72. The van der Waals surface area contributed by atoms with Gasteiger partial charge in [0.05, 0.1) is 11.3 Å². The molecule has 1 aliphatic heterocycles. The number of hydrogen-bond acceptors (Lipinski definition) is 6. The molecule has 0 aliphatic carbocycles. The van der Waals surface area contributed by atoms with Crippen molar-refractivity contribution in [2.75, 3.05) is 31.9 Å². The monoisotopic (exact) mass is 454 g/mol. The van der Waals surface area contributed by atoms with Crippen LogP contribution < -0.4 is 5.56 Å². The van der Waals surface area contributed by atoms with E-state index >= 15 is 0 Å². The highest BCUT2D eigenvalue weighted by atomic mass is 32.2. The smallest absolute Gasteiger partial charge is 0.272 e. The molecular weight excluding hydrogens is 428 g/mol. The SMILES string of the molecule is C=CCn1c(SCC(=O)N2CCN(C(C)c3ccccc3)CC2)nc2ccsc2c1=O. The Morgan fingerprint density at radius 1 is 1.23 bits per heavy atom. The quantitative estimate of drug-likeness (QED) is 0.310. The van der Waals surface area contributed by atoms with Gasteiger partial charge in [-0.05, 0) is 23.9 Å². The maximum atomic E-state index is 12.8. The lowest BCUT2D eigenvalue weighted by Gasteiger charge is -2.38. The number of benzene rings is 1. The summed E-state index contributed by atoms with van der Waals surface area (Å²) in [6.45, 7) is 9.48. The van der Waals surface area contributed by atoms with Crippen LogP contribution in [0.15, 0.2) is 64.4 Å². The van der Waals surface area contributed by atoms with Crippen LogP contribution >= 0.6 is 23.1 Å². The van der Waals surface area contributed by atoms with Gasteiger partial charge in [-0.25, -0.2) is 4.98 Å². The zero-order chi connectivity index (χ0) is 21.8. The molecule has 1 fully saturated rings. The normalized spacial score (nSPS) is 15.8. The van der Waals surface area contributed by atoms with Gasteiger partial charge in [-0.15, -0.1) is 17.9 Å². The fourth-order valence-electron chi connectivity index (χ4n) is 3.84. The lowest BCUT2D eigenvalue weighted by Crippen LogP contribution is -2.49. The van der Waals surface area contributed by atoms with Crippen LogP contribution in [0.1, 0.15) is 18.5 Å². The standard InChI is InChI=1S/C23H26N4O2S2/c1-3-10-27-22(29)21-19(9-15-30-21)24-23(27)31-16-20(28)26-13-11-25(12-14-26)17(2)18-7-5-4-6-8-18/h3-9,15,17H,1,10-14,16H2,2H3. The van der Waals surface area contributed by atoms with Crippen molar-refractivity contribution < 1.29 is 4.79 Å². The van der Waals surface area contributed by atoms with Gasteiger partial charge in [0.1, 0.15) is 4.70 Å². The molecule has 0 spiro atoms. The molecule has 1 aromatic carbocycles. The molecule has 0 N–H and O–H groups in total. The number of carbonyl (C=O) groups is 1. The van der Waals surface area contributed by atoms with Crippen LogP contribution in [0.4, 0.5) is 0 Å². The van der Waals surface area contributed by atoms with Gasteiger partial charge in [-0.1, -0.05) is 48.2 Å². The molecule has 1 aliphatic rings. The summed E-state index contributed by atoms with van der Waals surface area (Å²) in [5, 5.41) is 2.44. The van der Waals surface area contributed by atoms with E-state index in [2.05, 4.69) is 47.7 Å². The van der Waals surface area contributed by atoms with Crippen molar-refractivity contribution in [1.29, 1.82) is 0 Å². The number of piperazine rings is 1. The van der Waals surface area contributed by atoms with Gasteiger partial charge in [0.25, 0.3) is 5.56 Å². The summed E-state index contributed by atoms with van der Waals surface area (Å²) in [5.41, 5.74) is 1.92. The van der Waals surface area contributed by atoms with Crippen LogP contribution in [0, 0.1) is 0 Å². The molecule has 1 amide bonds. The Bertz CT molecular complexity index is 1120. The number of thioether (sulfide) groups is 1. The highest BCUT2D eigenvalue weighted by Crippen LogP contribution is 2.23. The number of fused-ring (bicyclic) bond motifs is 1. The predicted molar refractivity (Wildman–Crippen MR) is 128 cm³/mol. The van der Waals surface area contributed by atoms with E-state index in [0.29, 0.717) is 41.0 Å². The van der Waals surface area contributed by atoms with Crippen molar-refractivity contribution >= 4 is 39.2 Å². The average molecular weight is 455 g/mol.